The standard InChI is InChI=1S/C10H10F2N2/c1-6-3-4-7(9(12)8(6)11)10(2,14)5-13/h3-4H,14H2,1-2H3/t10-/m0/s1. The first-order chi connectivity index (χ1) is 6.40. The van der Waals surface area contributed by atoms with Gasteiger partial charge in [-0.1, -0.05) is 12.1 Å². The van der Waals surface area contributed by atoms with Crippen LogP contribution >= 0.6 is 0 Å². The zero-order valence-electron chi connectivity index (χ0n) is 7.94. The van der Waals surface area contributed by atoms with Crippen molar-refractivity contribution in [2.45, 2.75) is 19.4 Å². The van der Waals surface area contributed by atoms with E-state index in [1.165, 1.54) is 26.0 Å². The molecule has 0 saturated heterocycles. The first-order valence-corrected chi connectivity index (χ1v) is 4.05. The van der Waals surface area contributed by atoms with E-state index < -0.39 is 17.2 Å². The van der Waals surface area contributed by atoms with E-state index in [4.69, 9.17) is 11.0 Å². The lowest BCUT2D eigenvalue weighted by Gasteiger charge is -2.17. The third kappa shape index (κ3) is 1.59. The lowest BCUT2D eigenvalue weighted by Crippen LogP contribution is -2.32. The Balaban J connectivity index is 3.41. The molecule has 0 aliphatic heterocycles. The number of nitriles is 1. The zero-order valence-corrected chi connectivity index (χ0v) is 7.94. The Morgan fingerprint density at radius 2 is 1.93 bits per heavy atom. The highest BCUT2D eigenvalue weighted by Crippen LogP contribution is 2.23. The molecular weight excluding hydrogens is 186 g/mol. The van der Waals surface area contributed by atoms with Gasteiger partial charge in [-0.3, -0.25) is 0 Å². The van der Waals surface area contributed by atoms with Crippen molar-refractivity contribution in [3.63, 3.8) is 0 Å². The summed E-state index contributed by atoms with van der Waals surface area (Å²) in [6, 6.07) is 4.45. The summed E-state index contributed by atoms with van der Waals surface area (Å²) in [4.78, 5) is 0. The van der Waals surface area contributed by atoms with Crippen LogP contribution < -0.4 is 5.73 Å². The summed E-state index contributed by atoms with van der Waals surface area (Å²) in [6.45, 7) is 2.78. The second-order valence-electron chi connectivity index (χ2n) is 3.37. The molecule has 2 nitrogen and oxygen atoms in total. The molecule has 14 heavy (non-hydrogen) atoms. The fraction of sp³-hybridized carbons (Fsp3) is 0.300. The van der Waals surface area contributed by atoms with E-state index in [0.29, 0.717) is 0 Å². The van der Waals surface area contributed by atoms with Crippen molar-refractivity contribution < 1.29 is 8.78 Å². The van der Waals surface area contributed by atoms with Gasteiger partial charge >= 0.3 is 0 Å². The molecule has 4 heteroatoms. The van der Waals surface area contributed by atoms with E-state index in [-0.39, 0.29) is 11.1 Å². The quantitative estimate of drug-likeness (QED) is 0.746. The molecule has 2 N–H and O–H groups in total. The van der Waals surface area contributed by atoms with Gasteiger partial charge in [0.2, 0.25) is 0 Å². The van der Waals surface area contributed by atoms with Crippen LogP contribution in [-0.4, -0.2) is 0 Å². The normalized spacial score (nSPS) is 14.6. The lowest BCUT2D eigenvalue weighted by molar-refractivity contribution is 0.472. The minimum atomic E-state index is -1.50. The van der Waals surface area contributed by atoms with Gasteiger partial charge in [-0.15, -0.1) is 0 Å². The van der Waals surface area contributed by atoms with E-state index in [1.54, 1.807) is 6.07 Å². The first kappa shape index (κ1) is 10.6. The Hall–Kier alpha value is -1.47. The van der Waals surface area contributed by atoms with Crippen LogP contribution in [0.1, 0.15) is 18.1 Å². The summed E-state index contributed by atoms with van der Waals surface area (Å²) in [6.07, 6.45) is 0. The topological polar surface area (TPSA) is 49.8 Å². The molecule has 0 amide bonds. The molecule has 1 rings (SSSR count). The molecule has 0 bridgehead atoms. The Labute approximate surface area is 81.0 Å². The summed E-state index contributed by atoms with van der Waals surface area (Å²) in [7, 11) is 0. The summed E-state index contributed by atoms with van der Waals surface area (Å²) in [5.74, 6) is -1.99. The van der Waals surface area contributed by atoms with Crippen molar-refractivity contribution in [2.75, 3.05) is 0 Å². The Bertz CT molecular complexity index is 405. The molecule has 74 valence electrons. The second-order valence-corrected chi connectivity index (χ2v) is 3.37. The van der Waals surface area contributed by atoms with Gasteiger partial charge in [0.1, 0.15) is 5.54 Å². The highest BCUT2D eigenvalue weighted by atomic mass is 19.2. The maximum Gasteiger partial charge on any atom is 0.165 e. The van der Waals surface area contributed by atoms with Gasteiger partial charge in [-0.2, -0.15) is 5.26 Å². The predicted molar refractivity (Wildman–Crippen MR) is 48.2 cm³/mol. The van der Waals surface area contributed by atoms with Gasteiger partial charge < -0.3 is 5.73 Å². The minimum absolute atomic E-state index is 0.122. The lowest BCUT2D eigenvalue weighted by atomic mass is 9.93. The summed E-state index contributed by atoms with van der Waals surface area (Å²) in [5.41, 5.74) is 4.06. The maximum absolute atomic E-state index is 13.3. The first-order valence-electron chi connectivity index (χ1n) is 4.05. The summed E-state index contributed by atoms with van der Waals surface area (Å²) >= 11 is 0. The Morgan fingerprint density at radius 1 is 1.36 bits per heavy atom. The molecule has 0 heterocycles. The number of aryl methyl sites for hydroxylation is 1. The number of halogens is 2. The largest absolute Gasteiger partial charge is 0.310 e. The number of benzene rings is 1. The molecule has 0 aliphatic carbocycles. The number of nitrogens with zero attached hydrogens (tertiary/aromatic N) is 1. The fourth-order valence-corrected chi connectivity index (χ4v) is 1.11. The average Bonchev–Trinajstić information content (AvgIpc) is 2.14. The monoisotopic (exact) mass is 196 g/mol. The van der Waals surface area contributed by atoms with Crippen LogP contribution in [0.5, 0.6) is 0 Å². The van der Waals surface area contributed by atoms with Crippen molar-refractivity contribution in [3.8, 4) is 6.07 Å². The highest BCUT2D eigenvalue weighted by molar-refractivity contribution is 5.34. The van der Waals surface area contributed by atoms with Crippen molar-refractivity contribution in [2.24, 2.45) is 5.73 Å². The van der Waals surface area contributed by atoms with Gasteiger partial charge in [0.25, 0.3) is 0 Å². The van der Waals surface area contributed by atoms with Gasteiger partial charge in [0.05, 0.1) is 6.07 Å². The molecule has 1 aromatic rings. The fourth-order valence-electron chi connectivity index (χ4n) is 1.11. The molecule has 0 unspecified atom stereocenters. The van der Waals surface area contributed by atoms with Crippen LogP contribution in [0.4, 0.5) is 8.78 Å². The number of hydrogen-bond acceptors (Lipinski definition) is 2. The van der Waals surface area contributed by atoms with Crippen LogP contribution in [0.2, 0.25) is 0 Å². The van der Waals surface area contributed by atoms with Crippen LogP contribution in [-0.2, 0) is 5.54 Å². The summed E-state index contributed by atoms with van der Waals surface area (Å²) in [5, 5.41) is 8.67. The van der Waals surface area contributed by atoms with Crippen LogP contribution in [0, 0.1) is 29.9 Å². The second kappa shape index (κ2) is 3.35. The minimum Gasteiger partial charge on any atom is -0.310 e. The van der Waals surface area contributed by atoms with Gasteiger partial charge in [0, 0.05) is 5.56 Å². The molecule has 1 atom stereocenters. The summed E-state index contributed by atoms with van der Waals surface area (Å²) < 4.78 is 26.5. The van der Waals surface area contributed by atoms with E-state index in [0.717, 1.165) is 0 Å². The Kier molecular flexibility index (Phi) is 2.54. The van der Waals surface area contributed by atoms with Crippen molar-refractivity contribution in [3.05, 3.63) is 34.9 Å². The maximum atomic E-state index is 13.3. The van der Waals surface area contributed by atoms with Crippen molar-refractivity contribution in [1.82, 2.24) is 0 Å². The van der Waals surface area contributed by atoms with Crippen LogP contribution in [0.25, 0.3) is 0 Å². The average molecular weight is 196 g/mol. The number of nitrogens with two attached hydrogens (primary N) is 1. The molecule has 0 aliphatic rings. The van der Waals surface area contributed by atoms with E-state index in [1.807, 2.05) is 0 Å². The number of rotatable bonds is 1. The number of hydrogen-bond donors (Lipinski definition) is 1. The molecule has 0 fully saturated rings. The van der Waals surface area contributed by atoms with E-state index in [2.05, 4.69) is 0 Å². The SMILES string of the molecule is Cc1ccc([C@@](C)(N)C#N)c(F)c1F. The van der Waals surface area contributed by atoms with Gasteiger partial charge in [-0.25, -0.2) is 8.78 Å². The van der Waals surface area contributed by atoms with E-state index >= 15 is 0 Å². The third-order valence-electron chi connectivity index (χ3n) is 2.07. The van der Waals surface area contributed by atoms with Crippen LogP contribution in [0.3, 0.4) is 0 Å². The third-order valence-corrected chi connectivity index (χ3v) is 2.07. The van der Waals surface area contributed by atoms with E-state index in [9.17, 15) is 8.78 Å². The van der Waals surface area contributed by atoms with Gasteiger partial charge in [-0.05, 0) is 19.4 Å². The molecule has 0 saturated carbocycles. The highest BCUT2D eigenvalue weighted by Gasteiger charge is 2.26. The molecule has 0 radical (unpaired) electrons. The van der Waals surface area contributed by atoms with Crippen LogP contribution in [0.15, 0.2) is 12.1 Å². The molecule has 1 aromatic carbocycles. The smallest absolute Gasteiger partial charge is 0.165 e. The molecular formula is C10H10F2N2. The molecule has 0 aromatic heterocycles. The van der Waals surface area contributed by atoms with Gasteiger partial charge in [0.15, 0.2) is 11.6 Å². The Morgan fingerprint density at radius 3 is 2.43 bits per heavy atom. The van der Waals surface area contributed by atoms with Crippen molar-refractivity contribution in [1.29, 1.82) is 5.26 Å². The molecule has 0 spiro atoms. The zero-order chi connectivity index (χ0) is 10.9. The van der Waals surface area contributed by atoms with Crippen molar-refractivity contribution >= 4 is 0 Å². The predicted octanol–water partition coefficient (Wildman–Crippen LogP) is 1.97.